The van der Waals surface area contributed by atoms with Gasteiger partial charge in [-0.05, 0) is 72.6 Å². The summed E-state index contributed by atoms with van der Waals surface area (Å²) in [6, 6.07) is 0. The van der Waals surface area contributed by atoms with Crippen molar-refractivity contribution in [3.63, 3.8) is 0 Å². The van der Waals surface area contributed by atoms with Crippen LogP contribution in [0.2, 0.25) is 0 Å². The number of aromatic nitrogens is 4. The lowest BCUT2D eigenvalue weighted by molar-refractivity contribution is -0.126. The molecule has 3 aliphatic rings. The molecule has 0 unspecified atom stereocenters. The Kier molecular flexibility index (Phi) is 4.14. The Morgan fingerprint density at radius 2 is 2.04 bits per heavy atom. The van der Waals surface area contributed by atoms with Crippen molar-refractivity contribution in [1.29, 1.82) is 0 Å². The molecule has 6 heteroatoms. The molecule has 4 rings (SSSR count). The maximum Gasteiger partial charge on any atom is 0.223 e. The van der Waals surface area contributed by atoms with Crippen molar-refractivity contribution in [3.05, 3.63) is 18.5 Å². The smallest absolute Gasteiger partial charge is 0.223 e. The maximum absolute atomic E-state index is 12.4. The van der Waals surface area contributed by atoms with Crippen molar-refractivity contribution in [2.45, 2.75) is 45.1 Å². The number of tetrazole rings is 1. The third-order valence-electron chi connectivity index (χ3n) is 6.01. The lowest BCUT2D eigenvalue weighted by Crippen LogP contribution is -2.37. The Morgan fingerprint density at radius 3 is 2.70 bits per heavy atom. The second kappa shape index (κ2) is 6.42. The molecule has 6 nitrogen and oxygen atoms in total. The molecule has 2 bridgehead atoms. The first-order valence-corrected chi connectivity index (χ1v) is 8.94. The van der Waals surface area contributed by atoms with Gasteiger partial charge in [-0.2, -0.15) is 0 Å². The third kappa shape index (κ3) is 3.31. The van der Waals surface area contributed by atoms with Crippen LogP contribution in [0.1, 0.15) is 38.5 Å². The number of nitrogens with one attached hydrogen (secondary N) is 1. The average molecular weight is 315 g/mol. The van der Waals surface area contributed by atoms with Gasteiger partial charge in [0, 0.05) is 19.0 Å². The lowest BCUT2D eigenvalue weighted by Gasteiger charge is -2.28. The zero-order chi connectivity index (χ0) is 15.6. The number of amides is 1. The van der Waals surface area contributed by atoms with Gasteiger partial charge in [-0.3, -0.25) is 4.79 Å². The number of carbonyl (C=O) groups is 1. The summed E-state index contributed by atoms with van der Waals surface area (Å²) in [5.41, 5.74) is 0. The van der Waals surface area contributed by atoms with Crippen molar-refractivity contribution in [1.82, 2.24) is 25.5 Å². The number of hydrogen-bond acceptors (Lipinski definition) is 4. The van der Waals surface area contributed by atoms with Crippen LogP contribution in [-0.4, -0.2) is 32.7 Å². The number of rotatable bonds is 5. The van der Waals surface area contributed by atoms with Gasteiger partial charge in [-0.15, -0.1) is 5.10 Å². The molecule has 0 saturated heterocycles. The number of carbonyl (C=O) groups excluding carboxylic acids is 1. The van der Waals surface area contributed by atoms with Crippen molar-refractivity contribution >= 4 is 5.91 Å². The van der Waals surface area contributed by atoms with Gasteiger partial charge in [0.1, 0.15) is 6.33 Å². The first-order valence-electron chi connectivity index (χ1n) is 8.94. The first-order chi connectivity index (χ1) is 11.3. The number of allylic oxidation sites excluding steroid dienone is 2. The van der Waals surface area contributed by atoms with E-state index in [-0.39, 0.29) is 11.8 Å². The molecule has 1 N–H and O–H groups in total. The molecule has 0 aliphatic heterocycles. The van der Waals surface area contributed by atoms with Gasteiger partial charge in [0.2, 0.25) is 5.91 Å². The summed E-state index contributed by atoms with van der Waals surface area (Å²) in [6.45, 7) is 1.74. The van der Waals surface area contributed by atoms with E-state index in [9.17, 15) is 4.79 Å². The normalized spacial score (nSPS) is 35.6. The molecule has 0 aromatic carbocycles. The fourth-order valence-corrected chi connectivity index (χ4v) is 4.64. The van der Waals surface area contributed by atoms with Crippen molar-refractivity contribution < 1.29 is 4.79 Å². The maximum atomic E-state index is 12.4. The summed E-state index contributed by atoms with van der Waals surface area (Å²) in [4.78, 5) is 12.4. The zero-order valence-electron chi connectivity index (χ0n) is 13.5. The summed E-state index contributed by atoms with van der Waals surface area (Å²) in [5, 5.41) is 14.5. The van der Waals surface area contributed by atoms with Gasteiger partial charge in [-0.1, -0.05) is 12.2 Å². The van der Waals surface area contributed by atoms with E-state index in [4.69, 9.17) is 0 Å². The van der Waals surface area contributed by atoms with Gasteiger partial charge in [0.25, 0.3) is 0 Å². The highest BCUT2D eigenvalue weighted by Gasteiger charge is 2.36. The summed E-state index contributed by atoms with van der Waals surface area (Å²) in [5.74, 6) is 3.24. The summed E-state index contributed by atoms with van der Waals surface area (Å²) in [7, 11) is 0. The minimum Gasteiger partial charge on any atom is -0.356 e. The highest BCUT2D eigenvalue weighted by Crippen LogP contribution is 2.43. The monoisotopic (exact) mass is 315 g/mol. The van der Waals surface area contributed by atoms with E-state index < -0.39 is 0 Å². The van der Waals surface area contributed by atoms with Crippen LogP contribution in [0, 0.1) is 29.6 Å². The molecule has 124 valence electrons. The molecule has 1 aromatic heterocycles. The Hall–Kier alpha value is -1.72. The largest absolute Gasteiger partial charge is 0.356 e. The Balaban J connectivity index is 1.19. The van der Waals surface area contributed by atoms with E-state index in [2.05, 4.69) is 33.0 Å². The van der Waals surface area contributed by atoms with E-state index >= 15 is 0 Å². The minimum absolute atomic E-state index is 0.203. The molecule has 3 atom stereocenters. The predicted octanol–water partition coefficient (Wildman–Crippen LogP) is 1.81. The van der Waals surface area contributed by atoms with Crippen molar-refractivity contribution in [2.75, 3.05) is 6.54 Å². The van der Waals surface area contributed by atoms with E-state index in [0.29, 0.717) is 17.8 Å². The molecule has 2 saturated carbocycles. The lowest BCUT2D eigenvalue weighted by atomic mass is 9.81. The van der Waals surface area contributed by atoms with E-state index in [1.807, 2.05) is 0 Å². The van der Waals surface area contributed by atoms with E-state index in [1.165, 1.54) is 12.8 Å². The predicted molar refractivity (Wildman–Crippen MR) is 85.1 cm³/mol. The molecule has 1 amide bonds. The first kappa shape index (κ1) is 14.8. The van der Waals surface area contributed by atoms with Crippen LogP contribution in [0.3, 0.4) is 0 Å². The Bertz CT molecular complexity index is 562. The molecule has 23 heavy (non-hydrogen) atoms. The van der Waals surface area contributed by atoms with E-state index in [1.54, 1.807) is 11.0 Å². The van der Waals surface area contributed by atoms with Gasteiger partial charge in [0.05, 0.1) is 0 Å². The topological polar surface area (TPSA) is 72.7 Å². The second-order valence-electron chi connectivity index (χ2n) is 7.53. The van der Waals surface area contributed by atoms with Crippen molar-refractivity contribution in [3.8, 4) is 0 Å². The highest BCUT2D eigenvalue weighted by atomic mass is 16.1. The van der Waals surface area contributed by atoms with Crippen LogP contribution in [0.5, 0.6) is 0 Å². The van der Waals surface area contributed by atoms with Crippen LogP contribution in [0.15, 0.2) is 18.5 Å². The zero-order valence-corrected chi connectivity index (χ0v) is 13.5. The number of fused-ring (bicyclic) bond motifs is 2. The molecule has 3 aliphatic carbocycles. The Morgan fingerprint density at radius 1 is 1.17 bits per heavy atom. The SMILES string of the molecule is O=C(NC[C@@H]1C[C@H]2C=C[C@H]1C2)C1CCC(Cn2cnnn2)CC1. The van der Waals surface area contributed by atoms with Gasteiger partial charge in [0.15, 0.2) is 0 Å². The van der Waals surface area contributed by atoms with Crippen LogP contribution in [-0.2, 0) is 11.3 Å². The minimum atomic E-state index is 0.203. The summed E-state index contributed by atoms with van der Waals surface area (Å²) < 4.78 is 1.80. The summed E-state index contributed by atoms with van der Waals surface area (Å²) in [6.07, 6.45) is 13.1. The van der Waals surface area contributed by atoms with Crippen LogP contribution in [0.4, 0.5) is 0 Å². The standard InChI is InChI=1S/C17H25N5O/c23-17(18-9-16-8-13-3-6-15(16)7-13)14-4-1-12(2-5-14)10-22-11-19-20-21-22/h3,6,11-16H,1-2,4-5,7-10H2,(H,18,23)/t12?,13-,14?,15-,16-/m0/s1. The third-order valence-corrected chi connectivity index (χ3v) is 6.01. The van der Waals surface area contributed by atoms with Gasteiger partial charge >= 0.3 is 0 Å². The quantitative estimate of drug-likeness (QED) is 0.841. The molecule has 1 heterocycles. The molecule has 1 aromatic rings. The Labute approximate surface area is 136 Å². The molecule has 0 radical (unpaired) electrons. The number of nitrogens with zero attached hydrogens (tertiary/aromatic N) is 4. The second-order valence-corrected chi connectivity index (χ2v) is 7.53. The van der Waals surface area contributed by atoms with Gasteiger partial charge < -0.3 is 5.32 Å². The fourth-order valence-electron chi connectivity index (χ4n) is 4.64. The van der Waals surface area contributed by atoms with Crippen LogP contribution < -0.4 is 5.32 Å². The fraction of sp³-hybridized carbons (Fsp3) is 0.765. The molecular weight excluding hydrogens is 290 g/mol. The van der Waals surface area contributed by atoms with Crippen LogP contribution in [0.25, 0.3) is 0 Å². The molecule has 0 spiro atoms. The molecular formula is C17H25N5O. The van der Waals surface area contributed by atoms with E-state index in [0.717, 1.165) is 44.7 Å². The van der Waals surface area contributed by atoms with Crippen LogP contribution >= 0.6 is 0 Å². The van der Waals surface area contributed by atoms with Crippen molar-refractivity contribution in [2.24, 2.45) is 29.6 Å². The number of hydrogen-bond donors (Lipinski definition) is 1. The van der Waals surface area contributed by atoms with Gasteiger partial charge in [-0.25, -0.2) is 4.68 Å². The highest BCUT2D eigenvalue weighted by molar-refractivity contribution is 5.78. The average Bonchev–Trinajstić information content (AvgIpc) is 3.31. The molecule has 2 fully saturated rings. The summed E-state index contributed by atoms with van der Waals surface area (Å²) >= 11 is 0.